The molecule has 3 heteroatoms. The van der Waals surface area contributed by atoms with Crippen LogP contribution in [0.4, 0.5) is 0 Å². The molecule has 2 aromatic rings. The fraction of sp³-hybridized carbons (Fsp3) is 0.235. The third-order valence-electron chi connectivity index (χ3n) is 3.24. The normalized spacial score (nSPS) is 10.2. The van der Waals surface area contributed by atoms with Gasteiger partial charge in [0.05, 0.1) is 14.2 Å². The van der Waals surface area contributed by atoms with Gasteiger partial charge in [-0.1, -0.05) is 30.3 Å². The van der Waals surface area contributed by atoms with Crippen molar-refractivity contribution < 1.29 is 14.3 Å². The molecule has 0 aliphatic carbocycles. The third-order valence-corrected chi connectivity index (χ3v) is 3.24. The van der Waals surface area contributed by atoms with Crippen molar-refractivity contribution in [1.82, 2.24) is 0 Å². The van der Waals surface area contributed by atoms with Gasteiger partial charge in [0.25, 0.3) is 0 Å². The van der Waals surface area contributed by atoms with E-state index >= 15 is 0 Å². The average Bonchev–Trinajstić information content (AvgIpc) is 2.47. The Labute approximate surface area is 119 Å². The van der Waals surface area contributed by atoms with Crippen LogP contribution in [0.15, 0.2) is 42.5 Å². The SMILES string of the molecule is COc1cc(C)c(C(=O)Cc2ccccc2)cc1OC. The molecule has 0 unspecified atom stereocenters. The van der Waals surface area contributed by atoms with E-state index in [1.54, 1.807) is 20.3 Å². The van der Waals surface area contributed by atoms with E-state index in [-0.39, 0.29) is 5.78 Å². The molecular formula is C17H18O3. The summed E-state index contributed by atoms with van der Waals surface area (Å²) in [5, 5.41) is 0. The standard InChI is InChI=1S/C17H18O3/c1-12-9-16(19-2)17(20-3)11-14(12)15(18)10-13-7-5-4-6-8-13/h4-9,11H,10H2,1-3H3. The van der Waals surface area contributed by atoms with Crippen molar-refractivity contribution in [3.8, 4) is 11.5 Å². The molecule has 0 heterocycles. The fourth-order valence-electron chi connectivity index (χ4n) is 2.16. The van der Waals surface area contributed by atoms with Crippen LogP contribution >= 0.6 is 0 Å². The van der Waals surface area contributed by atoms with Gasteiger partial charge >= 0.3 is 0 Å². The maximum absolute atomic E-state index is 12.4. The molecular weight excluding hydrogens is 252 g/mol. The Kier molecular flexibility index (Phi) is 4.41. The minimum absolute atomic E-state index is 0.0784. The summed E-state index contributed by atoms with van der Waals surface area (Å²) in [6.45, 7) is 1.90. The number of hydrogen-bond acceptors (Lipinski definition) is 3. The number of ketones is 1. The molecule has 0 saturated heterocycles. The predicted molar refractivity (Wildman–Crippen MR) is 78.8 cm³/mol. The van der Waals surface area contributed by atoms with Crippen LogP contribution < -0.4 is 9.47 Å². The van der Waals surface area contributed by atoms with Gasteiger partial charge in [0.15, 0.2) is 17.3 Å². The van der Waals surface area contributed by atoms with Crippen molar-refractivity contribution in [3.05, 3.63) is 59.2 Å². The highest BCUT2D eigenvalue weighted by Gasteiger charge is 2.14. The van der Waals surface area contributed by atoms with Crippen molar-refractivity contribution >= 4 is 5.78 Å². The van der Waals surface area contributed by atoms with Crippen LogP contribution in [-0.4, -0.2) is 20.0 Å². The molecule has 0 saturated carbocycles. The van der Waals surface area contributed by atoms with Crippen LogP contribution in [0.3, 0.4) is 0 Å². The molecule has 0 spiro atoms. The zero-order valence-corrected chi connectivity index (χ0v) is 12.0. The first-order valence-electron chi connectivity index (χ1n) is 6.45. The van der Waals surface area contributed by atoms with E-state index in [0.29, 0.717) is 23.5 Å². The second-order valence-electron chi connectivity index (χ2n) is 4.61. The lowest BCUT2D eigenvalue weighted by molar-refractivity contribution is 0.0992. The largest absolute Gasteiger partial charge is 0.493 e. The molecule has 0 aromatic heterocycles. The summed E-state index contributed by atoms with van der Waals surface area (Å²) in [7, 11) is 3.15. The number of ether oxygens (including phenoxy) is 2. The van der Waals surface area contributed by atoms with Gasteiger partial charge in [-0.3, -0.25) is 4.79 Å². The Morgan fingerprint density at radius 3 is 2.20 bits per heavy atom. The van der Waals surface area contributed by atoms with E-state index in [9.17, 15) is 4.79 Å². The first-order chi connectivity index (χ1) is 9.65. The summed E-state index contributed by atoms with van der Waals surface area (Å²) >= 11 is 0. The zero-order valence-electron chi connectivity index (χ0n) is 12.0. The maximum atomic E-state index is 12.4. The zero-order chi connectivity index (χ0) is 14.5. The lowest BCUT2D eigenvalue weighted by Crippen LogP contribution is -2.06. The first kappa shape index (κ1) is 14.1. The van der Waals surface area contributed by atoms with Crippen molar-refractivity contribution in [3.63, 3.8) is 0 Å². The molecule has 0 atom stereocenters. The summed E-state index contributed by atoms with van der Waals surface area (Å²) in [4.78, 5) is 12.4. The topological polar surface area (TPSA) is 35.5 Å². The van der Waals surface area contributed by atoms with Crippen molar-refractivity contribution in [2.45, 2.75) is 13.3 Å². The molecule has 0 amide bonds. The van der Waals surface area contributed by atoms with Gasteiger partial charge in [-0.05, 0) is 30.2 Å². The summed E-state index contributed by atoms with van der Waals surface area (Å²) in [6.07, 6.45) is 0.386. The molecule has 2 aromatic carbocycles. The number of benzene rings is 2. The van der Waals surface area contributed by atoms with E-state index < -0.39 is 0 Å². The number of aryl methyl sites for hydroxylation is 1. The van der Waals surface area contributed by atoms with Crippen LogP contribution in [-0.2, 0) is 6.42 Å². The predicted octanol–water partition coefficient (Wildman–Crippen LogP) is 3.44. The Morgan fingerprint density at radius 2 is 1.60 bits per heavy atom. The van der Waals surface area contributed by atoms with Gasteiger partial charge in [0, 0.05) is 12.0 Å². The second kappa shape index (κ2) is 6.24. The van der Waals surface area contributed by atoms with E-state index in [2.05, 4.69) is 0 Å². The highest BCUT2D eigenvalue weighted by Crippen LogP contribution is 2.30. The monoisotopic (exact) mass is 270 g/mol. The van der Waals surface area contributed by atoms with Crippen LogP contribution in [0.5, 0.6) is 11.5 Å². The van der Waals surface area contributed by atoms with Crippen LogP contribution in [0.25, 0.3) is 0 Å². The van der Waals surface area contributed by atoms with E-state index in [4.69, 9.17) is 9.47 Å². The Hall–Kier alpha value is -2.29. The van der Waals surface area contributed by atoms with Gasteiger partial charge in [0.2, 0.25) is 0 Å². The molecule has 0 aliphatic heterocycles. The molecule has 20 heavy (non-hydrogen) atoms. The Bertz CT molecular complexity index is 603. The number of carbonyl (C=O) groups excluding carboxylic acids is 1. The minimum Gasteiger partial charge on any atom is -0.493 e. The van der Waals surface area contributed by atoms with Gasteiger partial charge in [-0.2, -0.15) is 0 Å². The second-order valence-corrected chi connectivity index (χ2v) is 4.61. The number of rotatable bonds is 5. The molecule has 0 radical (unpaired) electrons. The fourth-order valence-corrected chi connectivity index (χ4v) is 2.16. The van der Waals surface area contributed by atoms with Gasteiger partial charge in [0.1, 0.15) is 0 Å². The molecule has 3 nitrogen and oxygen atoms in total. The highest BCUT2D eigenvalue weighted by atomic mass is 16.5. The van der Waals surface area contributed by atoms with Crippen molar-refractivity contribution in [2.24, 2.45) is 0 Å². The van der Waals surface area contributed by atoms with Crippen molar-refractivity contribution in [1.29, 1.82) is 0 Å². The van der Waals surface area contributed by atoms with Gasteiger partial charge in [-0.25, -0.2) is 0 Å². The lowest BCUT2D eigenvalue weighted by atomic mass is 9.98. The first-order valence-corrected chi connectivity index (χ1v) is 6.45. The third kappa shape index (κ3) is 2.99. The Balaban J connectivity index is 2.30. The Morgan fingerprint density at radius 1 is 1.00 bits per heavy atom. The van der Waals surface area contributed by atoms with Gasteiger partial charge in [-0.15, -0.1) is 0 Å². The lowest BCUT2D eigenvalue weighted by Gasteiger charge is -2.12. The van der Waals surface area contributed by atoms with E-state index in [1.165, 1.54) is 0 Å². The van der Waals surface area contributed by atoms with Crippen molar-refractivity contribution in [2.75, 3.05) is 14.2 Å². The van der Waals surface area contributed by atoms with Crippen LogP contribution in [0.2, 0.25) is 0 Å². The molecule has 0 N–H and O–H groups in total. The summed E-state index contributed by atoms with van der Waals surface area (Å²) in [5.74, 6) is 1.30. The molecule has 2 rings (SSSR count). The average molecular weight is 270 g/mol. The van der Waals surface area contributed by atoms with Crippen LogP contribution in [0, 0.1) is 6.92 Å². The summed E-state index contributed by atoms with van der Waals surface area (Å²) < 4.78 is 10.5. The maximum Gasteiger partial charge on any atom is 0.167 e. The summed E-state index contributed by atoms with van der Waals surface area (Å²) in [5.41, 5.74) is 2.57. The minimum atomic E-state index is 0.0784. The smallest absolute Gasteiger partial charge is 0.167 e. The molecule has 104 valence electrons. The van der Waals surface area contributed by atoms with E-state index in [1.807, 2.05) is 43.3 Å². The number of carbonyl (C=O) groups is 1. The molecule has 0 bridgehead atoms. The molecule has 0 aliphatic rings. The number of Topliss-reactive ketones (excluding diaryl/α,β-unsaturated/α-hetero) is 1. The number of hydrogen-bond donors (Lipinski definition) is 0. The van der Waals surface area contributed by atoms with E-state index in [0.717, 1.165) is 11.1 Å². The van der Waals surface area contributed by atoms with Crippen LogP contribution in [0.1, 0.15) is 21.5 Å². The summed E-state index contributed by atoms with van der Waals surface area (Å²) in [6, 6.07) is 13.3. The quantitative estimate of drug-likeness (QED) is 0.781. The van der Waals surface area contributed by atoms with Gasteiger partial charge < -0.3 is 9.47 Å². The molecule has 0 fully saturated rings. The number of methoxy groups -OCH3 is 2. The highest BCUT2D eigenvalue weighted by molar-refractivity contribution is 5.99.